The van der Waals surface area contributed by atoms with Crippen LogP contribution in [-0.2, 0) is 19.3 Å². The number of alkyl halides is 6. The van der Waals surface area contributed by atoms with Crippen LogP contribution in [0.2, 0.25) is 0 Å². The van der Waals surface area contributed by atoms with E-state index in [-0.39, 0.29) is 53.6 Å². The van der Waals surface area contributed by atoms with E-state index in [0.717, 1.165) is 31.3 Å². The molecule has 0 bridgehead atoms. The van der Waals surface area contributed by atoms with Crippen LogP contribution >= 0.6 is 0 Å². The van der Waals surface area contributed by atoms with Gasteiger partial charge in [0.05, 0.1) is 4.92 Å². The lowest BCUT2D eigenvalue weighted by molar-refractivity contribution is -0.384. The summed E-state index contributed by atoms with van der Waals surface area (Å²) in [7, 11) is 0. The molecule has 2 heterocycles. The smallest absolute Gasteiger partial charge is 0.405 e. The molecular formula is C26H27F6N7O3. The first-order chi connectivity index (χ1) is 19.9. The monoisotopic (exact) mass is 599 g/mol. The predicted molar refractivity (Wildman–Crippen MR) is 139 cm³/mol. The summed E-state index contributed by atoms with van der Waals surface area (Å²) in [4.78, 5) is 22.4. The molecule has 1 aliphatic carbocycles. The van der Waals surface area contributed by atoms with Gasteiger partial charge >= 0.3 is 18.2 Å². The van der Waals surface area contributed by atoms with E-state index in [9.17, 15) is 36.5 Å². The molecule has 4 rings (SSSR count). The fourth-order valence-electron chi connectivity index (χ4n) is 4.68. The van der Waals surface area contributed by atoms with E-state index in [1.165, 1.54) is 30.3 Å². The second-order valence-corrected chi connectivity index (χ2v) is 9.68. The van der Waals surface area contributed by atoms with Crippen molar-refractivity contribution in [2.75, 3.05) is 17.2 Å². The maximum Gasteiger partial charge on any atom is 0.573 e. The van der Waals surface area contributed by atoms with Gasteiger partial charge < -0.3 is 20.7 Å². The Labute approximate surface area is 236 Å². The van der Waals surface area contributed by atoms with E-state index in [2.05, 4.69) is 35.6 Å². The molecule has 1 saturated carbocycles. The van der Waals surface area contributed by atoms with Crippen LogP contribution in [0.4, 0.5) is 43.8 Å². The molecule has 10 nitrogen and oxygen atoms in total. The lowest BCUT2D eigenvalue weighted by Crippen LogP contribution is -2.34. The van der Waals surface area contributed by atoms with Gasteiger partial charge in [-0.2, -0.15) is 18.2 Å². The minimum absolute atomic E-state index is 0.0101. The number of nitro groups is 1. The number of rotatable bonds is 11. The number of nitrogens with one attached hydrogen (secondary N) is 3. The van der Waals surface area contributed by atoms with E-state index >= 15 is 0 Å². The number of nitrogens with zero attached hydrogens (tertiary/aromatic N) is 4. The number of aromatic nitrogens is 3. The van der Waals surface area contributed by atoms with Crippen molar-refractivity contribution in [3.8, 4) is 5.75 Å². The molecule has 0 amide bonds. The van der Waals surface area contributed by atoms with Crippen molar-refractivity contribution >= 4 is 17.5 Å². The van der Waals surface area contributed by atoms with Crippen LogP contribution in [0.15, 0.2) is 48.8 Å². The highest BCUT2D eigenvalue weighted by Crippen LogP contribution is 2.31. The normalized spacial score (nSPS) is 17.5. The zero-order valence-electron chi connectivity index (χ0n) is 22.0. The highest BCUT2D eigenvalue weighted by Gasteiger charge is 2.35. The number of halogens is 6. The number of pyridine rings is 1. The molecule has 0 aliphatic heterocycles. The Morgan fingerprint density at radius 3 is 2.33 bits per heavy atom. The van der Waals surface area contributed by atoms with Crippen LogP contribution in [0.25, 0.3) is 0 Å². The van der Waals surface area contributed by atoms with Crippen molar-refractivity contribution in [2.45, 2.75) is 57.4 Å². The first-order valence-corrected chi connectivity index (χ1v) is 13.0. The molecule has 0 spiro atoms. The van der Waals surface area contributed by atoms with Gasteiger partial charge in [0.15, 0.2) is 0 Å². The molecule has 226 valence electrons. The Hall–Kier alpha value is -4.21. The third kappa shape index (κ3) is 8.64. The fourth-order valence-corrected chi connectivity index (χ4v) is 4.68. The number of hydrogen-bond acceptors (Lipinski definition) is 9. The molecule has 1 aliphatic rings. The molecule has 1 aromatic carbocycles. The highest BCUT2D eigenvalue weighted by molar-refractivity contribution is 5.57. The Morgan fingerprint density at radius 2 is 1.64 bits per heavy atom. The van der Waals surface area contributed by atoms with Crippen molar-refractivity contribution in [1.82, 2.24) is 20.3 Å². The molecule has 3 N–H and O–H groups in total. The second-order valence-electron chi connectivity index (χ2n) is 9.68. The summed E-state index contributed by atoms with van der Waals surface area (Å²) in [5, 5.41) is 20.4. The Bertz CT molecular complexity index is 1360. The summed E-state index contributed by atoms with van der Waals surface area (Å²) in [6, 6.07) is 8.38. The summed E-state index contributed by atoms with van der Waals surface area (Å²) < 4.78 is 81.7. The minimum atomic E-state index is -4.87. The minimum Gasteiger partial charge on any atom is -0.405 e. The van der Waals surface area contributed by atoms with Gasteiger partial charge in [-0.05, 0) is 49.3 Å². The molecule has 16 heteroatoms. The molecule has 0 radical (unpaired) electrons. The average molecular weight is 600 g/mol. The molecule has 0 saturated heterocycles. The molecule has 0 atom stereocenters. The van der Waals surface area contributed by atoms with Gasteiger partial charge in [-0.15, -0.1) is 13.2 Å². The van der Waals surface area contributed by atoms with Crippen LogP contribution in [0.3, 0.4) is 0 Å². The van der Waals surface area contributed by atoms with Crippen molar-refractivity contribution in [3.05, 3.63) is 75.7 Å². The average Bonchev–Trinajstić information content (AvgIpc) is 2.94. The number of hydrogen-bond donors (Lipinski definition) is 3. The molecule has 42 heavy (non-hydrogen) atoms. The highest BCUT2D eigenvalue weighted by atomic mass is 19.4. The number of ether oxygens (including phenoxy) is 1. The van der Waals surface area contributed by atoms with Crippen molar-refractivity contribution in [2.24, 2.45) is 5.92 Å². The Balaban J connectivity index is 1.31. The van der Waals surface area contributed by atoms with Gasteiger partial charge in [0, 0.05) is 37.4 Å². The van der Waals surface area contributed by atoms with Crippen LogP contribution in [0.1, 0.15) is 42.5 Å². The van der Waals surface area contributed by atoms with E-state index in [1.807, 2.05) is 0 Å². The molecular weight excluding hydrogens is 572 g/mol. The standard InChI is InChI=1S/C26H27F6N7O3/c27-25(28,29)22-18(5-3-11-33-22)14-34-19-9-7-16(8-10-19)12-35-23-20(39(40)41)15-37-24(38-23)36-13-17-4-1-2-6-21(17)42-26(30,31)32/h1-6,11,15-16,19,34H,7-10,12-14H2,(H2,35,36,37,38)/t16-,19-. The van der Waals surface area contributed by atoms with Crippen LogP contribution in [-0.4, -0.2) is 38.8 Å². The van der Waals surface area contributed by atoms with E-state index in [4.69, 9.17) is 0 Å². The summed E-state index contributed by atoms with van der Waals surface area (Å²) in [6.07, 6.45) is -4.44. The lowest BCUT2D eigenvalue weighted by atomic mass is 9.86. The van der Waals surface area contributed by atoms with Gasteiger partial charge in [-0.1, -0.05) is 24.3 Å². The van der Waals surface area contributed by atoms with Crippen molar-refractivity contribution < 1.29 is 36.0 Å². The van der Waals surface area contributed by atoms with Crippen LogP contribution < -0.4 is 20.7 Å². The van der Waals surface area contributed by atoms with Gasteiger partial charge in [-0.3, -0.25) is 15.1 Å². The number of anilines is 2. The zero-order chi connectivity index (χ0) is 30.3. The first-order valence-electron chi connectivity index (χ1n) is 13.0. The maximum atomic E-state index is 13.2. The molecule has 1 fully saturated rings. The fraction of sp³-hybridized carbons (Fsp3) is 0.423. The third-order valence-corrected chi connectivity index (χ3v) is 6.75. The predicted octanol–water partition coefficient (Wildman–Crippen LogP) is 6.07. The third-order valence-electron chi connectivity index (χ3n) is 6.75. The first kappa shape index (κ1) is 30.7. The van der Waals surface area contributed by atoms with Gasteiger partial charge in [0.1, 0.15) is 17.6 Å². The van der Waals surface area contributed by atoms with Crippen LogP contribution in [0, 0.1) is 16.0 Å². The quantitative estimate of drug-likeness (QED) is 0.137. The summed E-state index contributed by atoms with van der Waals surface area (Å²) >= 11 is 0. The van der Waals surface area contributed by atoms with Crippen molar-refractivity contribution in [3.63, 3.8) is 0 Å². The van der Waals surface area contributed by atoms with Crippen LogP contribution in [0.5, 0.6) is 5.75 Å². The Morgan fingerprint density at radius 1 is 0.929 bits per heavy atom. The van der Waals surface area contributed by atoms with E-state index < -0.39 is 28.9 Å². The van der Waals surface area contributed by atoms with Gasteiger partial charge in [-0.25, -0.2) is 4.98 Å². The van der Waals surface area contributed by atoms with Gasteiger partial charge in [0.25, 0.3) is 0 Å². The summed E-state index contributed by atoms with van der Waals surface area (Å²) in [6.45, 7) is 0.253. The van der Waals surface area contributed by atoms with E-state index in [1.54, 1.807) is 0 Å². The zero-order valence-corrected chi connectivity index (χ0v) is 22.0. The molecule has 2 aromatic heterocycles. The maximum absolute atomic E-state index is 13.2. The Kier molecular flexibility index (Phi) is 9.65. The summed E-state index contributed by atoms with van der Waals surface area (Å²) in [5.41, 5.74) is -1.02. The SMILES string of the molecule is O=[N+]([O-])c1cnc(NCc2ccccc2OC(F)(F)F)nc1NC[C@H]1CC[C@H](NCc2cccnc2C(F)(F)F)CC1. The number of para-hydroxylation sites is 1. The van der Waals surface area contributed by atoms with E-state index in [0.29, 0.717) is 19.4 Å². The number of benzene rings is 1. The second kappa shape index (κ2) is 13.2. The largest absolute Gasteiger partial charge is 0.573 e. The topological polar surface area (TPSA) is 127 Å². The molecule has 3 aromatic rings. The summed E-state index contributed by atoms with van der Waals surface area (Å²) in [5.74, 6) is -0.353. The van der Waals surface area contributed by atoms with Gasteiger partial charge in [0.2, 0.25) is 11.8 Å². The lowest BCUT2D eigenvalue weighted by Gasteiger charge is -2.29. The molecule has 0 unspecified atom stereocenters. The van der Waals surface area contributed by atoms with Crippen molar-refractivity contribution in [1.29, 1.82) is 0 Å².